The summed E-state index contributed by atoms with van der Waals surface area (Å²) in [4.78, 5) is 11.8. The molecule has 24 heavy (non-hydrogen) atoms. The maximum atomic E-state index is 11.8. The van der Waals surface area contributed by atoms with Gasteiger partial charge in [0.05, 0.1) is 12.4 Å². The van der Waals surface area contributed by atoms with Crippen LogP contribution in [0.2, 0.25) is 0 Å². The molecule has 1 unspecified atom stereocenters. The summed E-state index contributed by atoms with van der Waals surface area (Å²) in [7, 11) is 1.61. The average Bonchev–Trinajstić information content (AvgIpc) is 2.98. The molecule has 2 rings (SSSR count). The molecule has 8 heteroatoms. The van der Waals surface area contributed by atoms with E-state index in [4.69, 9.17) is 4.74 Å². The minimum absolute atomic E-state index is 0.000886. The molecular formula is C16H22N4O2S2. The first-order valence-electron chi connectivity index (χ1n) is 7.57. The van der Waals surface area contributed by atoms with Crippen molar-refractivity contribution >= 4 is 39.8 Å². The number of methoxy groups -OCH3 is 1. The van der Waals surface area contributed by atoms with Gasteiger partial charge in [-0.3, -0.25) is 4.79 Å². The first-order valence-corrected chi connectivity index (χ1v) is 9.37. The van der Waals surface area contributed by atoms with Gasteiger partial charge in [0.2, 0.25) is 11.0 Å². The number of aryl methyl sites for hydroxylation is 1. The molecule has 0 aliphatic rings. The van der Waals surface area contributed by atoms with Gasteiger partial charge in [-0.2, -0.15) is 0 Å². The van der Waals surface area contributed by atoms with E-state index in [9.17, 15) is 4.79 Å². The largest absolute Gasteiger partial charge is 0.383 e. The second-order valence-electron chi connectivity index (χ2n) is 5.46. The summed E-state index contributed by atoms with van der Waals surface area (Å²) in [5, 5.41) is 15.1. The molecule has 0 bridgehead atoms. The summed E-state index contributed by atoms with van der Waals surface area (Å²) in [6.07, 6.45) is 0. The predicted molar refractivity (Wildman–Crippen MR) is 99.3 cm³/mol. The number of thioether (sulfide) groups is 1. The third kappa shape index (κ3) is 5.47. The van der Waals surface area contributed by atoms with Gasteiger partial charge in [0, 0.05) is 18.8 Å². The number of hydrogen-bond donors (Lipinski definition) is 2. The highest BCUT2D eigenvalue weighted by Gasteiger charge is 2.11. The van der Waals surface area contributed by atoms with Crippen LogP contribution in [0.25, 0.3) is 0 Å². The number of nitrogens with one attached hydrogen (secondary N) is 2. The lowest BCUT2D eigenvalue weighted by molar-refractivity contribution is -0.119. The number of rotatable bonds is 8. The number of aromatic nitrogens is 2. The number of carbonyl (C=O) groups is 1. The molecule has 6 nitrogen and oxygen atoms in total. The Labute approximate surface area is 150 Å². The fraction of sp³-hybridized carbons (Fsp3) is 0.438. The third-order valence-electron chi connectivity index (χ3n) is 3.40. The molecule has 0 aliphatic carbocycles. The van der Waals surface area contributed by atoms with E-state index in [1.807, 2.05) is 19.1 Å². The fourth-order valence-corrected chi connectivity index (χ4v) is 3.63. The summed E-state index contributed by atoms with van der Waals surface area (Å²) >= 11 is 2.82. The van der Waals surface area contributed by atoms with Crippen molar-refractivity contribution < 1.29 is 9.53 Å². The van der Waals surface area contributed by atoms with Crippen LogP contribution in [-0.2, 0) is 9.53 Å². The zero-order chi connectivity index (χ0) is 17.5. The molecule has 0 radical (unpaired) electrons. The summed E-state index contributed by atoms with van der Waals surface area (Å²) in [5.41, 5.74) is 3.43. The number of amides is 1. The first kappa shape index (κ1) is 18.7. The Morgan fingerprint density at radius 2 is 2.17 bits per heavy atom. The summed E-state index contributed by atoms with van der Waals surface area (Å²) in [6.45, 7) is 6.55. The number of anilines is 2. The van der Waals surface area contributed by atoms with E-state index >= 15 is 0 Å². The number of nitrogens with zero attached hydrogens (tertiary/aromatic N) is 2. The van der Waals surface area contributed by atoms with Gasteiger partial charge >= 0.3 is 0 Å². The van der Waals surface area contributed by atoms with Crippen molar-refractivity contribution in [3.05, 3.63) is 29.3 Å². The van der Waals surface area contributed by atoms with Crippen LogP contribution < -0.4 is 10.6 Å². The Morgan fingerprint density at radius 1 is 1.38 bits per heavy atom. The van der Waals surface area contributed by atoms with Crippen LogP contribution >= 0.6 is 23.1 Å². The van der Waals surface area contributed by atoms with Gasteiger partial charge in [0.15, 0.2) is 4.34 Å². The Balaban J connectivity index is 1.87. The maximum absolute atomic E-state index is 11.8. The molecule has 1 aromatic carbocycles. The van der Waals surface area contributed by atoms with Gasteiger partial charge < -0.3 is 15.4 Å². The van der Waals surface area contributed by atoms with E-state index < -0.39 is 0 Å². The van der Waals surface area contributed by atoms with Crippen LogP contribution in [-0.4, -0.2) is 41.6 Å². The van der Waals surface area contributed by atoms with Crippen LogP contribution in [0.1, 0.15) is 18.1 Å². The summed E-state index contributed by atoms with van der Waals surface area (Å²) < 4.78 is 5.76. The van der Waals surface area contributed by atoms with Gasteiger partial charge in [0.25, 0.3) is 0 Å². The molecule has 130 valence electrons. The standard InChI is InChI=1S/C16H22N4O2S2/c1-10-6-5-7-13(12(10)3)18-15-19-20-16(24-15)23-9-14(21)17-11(2)8-22-4/h5-7,11H,8-9H2,1-4H3,(H,17,21)(H,18,19). The first-order chi connectivity index (χ1) is 11.5. The van der Waals surface area contributed by atoms with E-state index in [2.05, 4.69) is 40.7 Å². The molecule has 2 aromatic rings. The molecule has 0 spiro atoms. The van der Waals surface area contributed by atoms with Crippen molar-refractivity contribution in [2.75, 3.05) is 24.8 Å². The van der Waals surface area contributed by atoms with E-state index in [1.54, 1.807) is 7.11 Å². The molecule has 1 atom stereocenters. The topological polar surface area (TPSA) is 76.1 Å². The van der Waals surface area contributed by atoms with Crippen molar-refractivity contribution in [2.24, 2.45) is 0 Å². The van der Waals surface area contributed by atoms with Gasteiger partial charge in [-0.05, 0) is 38.0 Å². The third-order valence-corrected chi connectivity index (χ3v) is 5.38. The summed E-state index contributed by atoms with van der Waals surface area (Å²) in [5.74, 6) is 0.274. The molecule has 0 saturated heterocycles. The lowest BCUT2D eigenvalue weighted by atomic mass is 10.1. The Hall–Kier alpha value is -1.64. The molecule has 1 amide bonds. The highest BCUT2D eigenvalue weighted by molar-refractivity contribution is 8.01. The van der Waals surface area contributed by atoms with E-state index in [-0.39, 0.29) is 11.9 Å². The van der Waals surface area contributed by atoms with E-state index in [0.717, 1.165) is 15.2 Å². The number of hydrogen-bond acceptors (Lipinski definition) is 7. The van der Waals surface area contributed by atoms with Crippen LogP contribution in [0.5, 0.6) is 0 Å². The molecule has 0 aliphatic heterocycles. The predicted octanol–water partition coefficient (Wildman–Crippen LogP) is 3.14. The number of benzene rings is 1. The molecular weight excluding hydrogens is 344 g/mol. The van der Waals surface area contributed by atoms with Crippen LogP contribution in [0.4, 0.5) is 10.8 Å². The van der Waals surface area contributed by atoms with Gasteiger partial charge in [-0.1, -0.05) is 35.2 Å². The van der Waals surface area contributed by atoms with E-state index in [1.165, 1.54) is 34.2 Å². The van der Waals surface area contributed by atoms with Gasteiger partial charge in [-0.25, -0.2) is 0 Å². The van der Waals surface area contributed by atoms with Crippen LogP contribution in [0.3, 0.4) is 0 Å². The molecule has 1 aromatic heterocycles. The SMILES string of the molecule is COCC(C)NC(=O)CSc1nnc(Nc2cccc(C)c2C)s1. The minimum Gasteiger partial charge on any atom is -0.383 e. The van der Waals surface area contributed by atoms with Crippen molar-refractivity contribution in [1.82, 2.24) is 15.5 Å². The number of carbonyl (C=O) groups excluding carboxylic acids is 1. The monoisotopic (exact) mass is 366 g/mol. The minimum atomic E-state index is -0.0382. The van der Waals surface area contributed by atoms with Crippen molar-refractivity contribution in [3.63, 3.8) is 0 Å². The molecule has 1 heterocycles. The smallest absolute Gasteiger partial charge is 0.230 e. The molecule has 2 N–H and O–H groups in total. The maximum Gasteiger partial charge on any atom is 0.230 e. The Morgan fingerprint density at radius 3 is 2.92 bits per heavy atom. The highest BCUT2D eigenvalue weighted by atomic mass is 32.2. The highest BCUT2D eigenvalue weighted by Crippen LogP contribution is 2.29. The second-order valence-corrected chi connectivity index (χ2v) is 7.66. The Kier molecular flexibility index (Phi) is 7.01. The van der Waals surface area contributed by atoms with Crippen molar-refractivity contribution in [2.45, 2.75) is 31.2 Å². The van der Waals surface area contributed by atoms with Crippen LogP contribution in [0, 0.1) is 13.8 Å². The molecule has 0 saturated carbocycles. The number of ether oxygens (including phenoxy) is 1. The fourth-order valence-electron chi connectivity index (χ4n) is 2.06. The lowest BCUT2D eigenvalue weighted by Crippen LogP contribution is -2.36. The molecule has 0 fully saturated rings. The van der Waals surface area contributed by atoms with Crippen molar-refractivity contribution in [1.29, 1.82) is 0 Å². The normalized spacial score (nSPS) is 12.0. The zero-order valence-corrected chi connectivity index (χ0v) is 15.9. The van der Waals surface area contributed by atoms with E-state index in [0.29, 0.717) is 12.4 Å². The average molecular weight is 367 g/mol. The van der Waals surface area contributed by atoms with Gasteiger partial charge in [-0.15, -0.1) is 10.2 Å². The zero-order valence-electron chi connectivity index (χ0n) is 14.3. The quantitative estimate of drug-likeness (QED) is 0.699. The van der Waals surface area contributed by atoms with Crippen LogP contribution in [0.15, 0.2) is 22.5 Å². The second kappa shape index (κ2) is 9.00. The Bertz CT molecular complexity index is 690. The summed E-state index contributed by atoms with van der Waals surface area (Å²) in [6, 6.07) is 6.10. The van der Waals surface area contributed by atoms with Gasteiger partial charge in [0.1, 0.15) is 0 Å². The van der Waals surface area contributed by atoms with Crippen molar-refractivity contribution in [3.8, 4) is 0 Å². The lowest BCUT2D eigenvalue weighted by Gasteiger charge is -2.11.